The van der Waals surface area contributed by atoms with E-state index in [1.165, 1.54) is 0 Å². The van der Waals surface area contributed by atoms with Crippen LogP contribution in [0.1, 0.15) is 23.9 Å². The highest BCUT2D eigenvalue weighted by molar-refractivity contribution is 5.64. The number of hydrogen-bond donors (Lipinski definition) is 2. The lowest BCUT2D eigenvalue weighted by atomic mass is 10.1. The number of hydrogen-bond acceptors (Lipinski definition) is 5. The Morgan fingerprint density at radius 1 is 1.20 bits per heavy atom. The molecule has 5 heteroatoms. The average Bonchev–Trinajstić information content (AvgIpc) is 2.49. The van der Waals surface area contributed by atoms with Crippen LogP contribution in [-0.4, -0.2) is 17.0 Å². The Morgan fingerprint density at radius 2 is 1.95 bits per heavy atom. The molecule has 5 nitrogen and oxygen atoms in total. The Morgan fingerprint density at radius 3 is 2.60 bits per heavy atom. The van der Waals surface area contributed by atoms with Gasteiger partial charge in [0, 0.05) is 25.2 Å². The molecule has 0 aliphatic rings. The standard InChI is InChI=1S/C15H17N5/c1-4-13-19-14(17-3)8-15(20-13)18-12-7-11(9-16)6-5-10(12)2/h5-8H,4H2,1-3H3,(H2,17,18,19,20). The van der Waals surface area contributed by atoms with Gasteiger partial charge >= 0.3 is 0 Å². The van der Waals surface area contributed by atoms with Crippen molar-refractivity contribution < 1.29 is 0 Å². The van der Waals surface area contributed by atoms with E-state index in [0.29, 0.717) is 5.56 Å². The molecule has 2 rings (SSSR count). The lowest BCUT2D eigenvalue weighted by Gasteiger charge is -2.11. The number of aryl methyl sites for hydroxylation is 2. The quantitative estimate of drug-likeness (QED) is 0.890. The third-order valence-electron chi connectivity index (χ3n) is 2.97. The minimum atomic E-state index is 0.622. The maximum absolute atomic E-state index is 8.97. The zero-order valence-corrected chi connectivity index (χ0v) is 11.9. The Bertz CT molecular complexity index is 636. The van der Waals surface area contributed by atoms with Crippen molar-refractivity contribution in [2.24, 2.45) is 0 Å². The fourth-order valence-corrected chi connectivity index (χ4v) is 1.81. The number of aromatic nitrogens is 2. The van der Waals surface area contributed by atoms with Crippen LogP contribution in [0.5, 0.6) is 0 Å². The predicted molar refractivity (Wildman–Crippen MR) is 80.1 cm³/mol. The van der Waals surface area contributed by atoms with Gasteiger partial charge in [-0.1, -0.05) is 13.0 Å². The molecule has 20 heavy (non-hydrogen) atoms. The van der Waals surface area contributed by atoms with Crippen molar-refractivity contribution in [1.29, 1.82) is 5.26 Å². The van der Waals surface area contributed by atoms with Crippen molar-refractivity contribution >= 4 is 17.3 Å². The molecule has 0 spiro atoms. The second-order valence-electron chi connectivity index (χ2n) is 4.42. The fourth-order valence-electron chi connectivity index (χ4n) is 1.81. The molecule has 2 N–H and O–H groups in total. The second kappa shape index (κ2) is 6.02. The van der Waals surface area contributed by atoms with Crippen LogP contribution in [0, 0.1) is 18.3 Å². The summed E-state index contributed by atoms with van der Waals surface area (Å²) in [6, 6.07) is 9.53. The van der Waals surface area contributed by atoms with Gasteiger partial charge in [-0.15, -0.1) is 0 Å². The normalized spacial score (nSPS) is 9.90. The molecule has 0 radical (unpaired) electrons. The third kappa shape index (κ3) is 3.04. The van der Waals surface area contributed by atoms with E-state index in [1.54, 1.807) is 6.07 Å². The van der Waals surface area contributed by atoms with Gasteiger partial charge in [0.25, 0.3) is 0 Å². The zero-order chi connectivity index (χ0) is 14.5. The number of benzene rings is 1. The van der Waals surface area contributed by atoms with Crippen LogP contribution in [0.2, 0.25) is 0 Å². The summed E-state index contributed by atoms with van der Waals surface area (Å²) in [4.78, 5) is 8.80. The van der Waals surface area contributed by atoms with Gasteiger partial charge in [-0.3, -0.25) is 0 Å². The van der Waals surface area contributed by atoms with Crippen molar-refractivity contribution in [2.45, 2.75) is 20.3 Å². The molecule has 0 bridgehead atoms. The van der Waals surface area contributed by atoms with E-state index in [-0.39, 0.29) is 0 Å². The summed E-state index contributed by atoms with van der Waals surface area (Å²) in [6.07, 6.45) is 0.765. The molecule has 102 valence electrons. The van der Waals surface area contributed by atoms with Crippen LogP contribution in [-0.2, 0) is 6.42 Å². The summed E-state index contributed by atoms with van der Waals surface area (Å²) < 4.78 is 0. The molecule has 0 aliphatic carbocycles. The first-order valence-corrected chi connectivity index (χ1v) is 6.49. The first kappa shape index (κ1) is 13.8. The number of nitriles is 1. The Balaban J connectivity index is 2.36. The van der Waals surface area contributed by atoms with Gasteiger partial charge < -0.3 is 10.6 Å². The minimum absolute atomic E-state index is 0.622. The first-order valence-electron chi connectivity index (χ1n) is 6.49. The first-order chi connectivity index (χ1) is 9.66. The van der Waals surface area contributed by atoms with Crippen molar-refractivity contribution in [3.63, 3.8) is 0 Å². The molecule has 0 aliphatic heterocycles. The molecule has 0 unspecified atom stereocenters. The van der Waals surface area contributed by atoms with Gasteiger partial charge in [0.05, 0.1) is 11.6 Å². The van der Waals surface area contributed by atoms with Crippen LogP contribution in [0.15, 0.2) is 24.3 Å². The van der Waals surface area contributed by atoms with E-state index < -0.39 is 0 Å². The highest BCUT2D eigenvalue weighted by Crippen LogP contribution is 2.22. The van der Waals surface area contributed by atoms with Crippen LogP contribution < -0.4 is 10.6 Å². The summed E-state index contributed by atoms with van der Waals surface area (Å²) >= 11 is 0. The molecule has 1 heterocycles. The van der Waals surface area contributed by atoms with E-state index >= 15 is 0 Å². The van der Waals surface area contributed by atoms with E-state index in [4.69, 9.17) is 5.26 Å². The Labute approximate surface area is 118 Å². The summed E-state index contributed by atoms with van der Waals surface area (Å²) in [5.74, 6) is 2.27. The van der Waals surface area contributed by atoms with Crippen molar-refractivity contribution in [1.82, 2.24) is 9.97 Å². The molecule has 0 atom stereocenters. The molecule has 2 aromatic rings. The lowest BCUT2D eigenvalue weighted by Crippen LogP contribution is -2.04. The molecule has 0 saturated carbocycles. The van der Waals surface area contributed by atoms with E-state index in [0.717, 1.165) is 35.1 Å². The van der Waals surface area contributed by atoms with Crippen LogP contribution in [0.3, 0.4) is 0 Å². The number of nitrogens with one attached hydrogen (secondary N) is 2. The Hall–Kier alpha value is -2.61. The second-order valence-corrected chi connectivity index (χ2v) is 4.42. The maximum Gasteiger partial charge on any atom is 0.136 e. The Kier molecular flexibility index (Phi) is 4.16. The lowest BCUT2D eigenvalue weighted by molar-refractivity contribution is 0.944. The van der Waals surface area contributed by atoms with Gasteiger partial charge in [0.15, 0.2) is 0 Å². The van der Waals surface area contributed by atoms with Crippen molar-refractivity contribution in [3.8, 4) is 6.07 Å². The topological polar surface area (TPSA) is 73.6 Å². The highest BCUT2D eigenvalue weighted by atomic mass is 15.1. The molecule has 0 saturated heterocycles. The molecule has 0 amide bonds. The summed E-state index contributed by atoms with van der Waals surface area (Å²) in [5.41, 5.74) is 2.57. The minimum Gasteiger partial charge on any atom is -0.373 e. The third-order valence-corrected chi connectivity index (χ3v) is 2.97. The van der Waals surface area contributed by atoms with Gasteiger partial charge in [0.1, 0.15) is 17.5 Å². The van der Waals surface area contributed by atoms with E-state index in [2.05, 4.69) is 26.7 Å². The van der Waals surface area contributed by atoms with Crippen molar-refractivity contribution in [2.75, 3.05) is 17.7 Å². The fraction of sp³-hybridized carbons (Fsp3) is 0.267. The van der Waals surface area contributed by atoms with Crippen LogP contribution >= 0.6 is 0 Å². The van der Waals surface area contributed by atoms with Gasteiger partial charge in [-0.2, -0.15) is 5.26 Å². The zero-order valence-electron chi connectivity index (χ0n) is 11.9. The van der Waals surface area contributed by atoms with Crippen molar-refractivity contribution in [3.05, 3.63) is 41.2 Å². The summed E-state index contributed by atoms with van der Waals surface area (Å²) in [5, 5.41) is 15.2. The molecule has 1 aromatic heterocycles. The number of anilines is 3. The van der Waals surface area contributed by atoms with Gasteiger partial charge in [-0.25, -0.2) is 9.97 Å². The predicted octanol–water partition coefficient (Wildman–Crippen LogP) is 3.00. The average molecular weight is 267 g/mol. The van der Waals surface area contributed by atoms with Gasteiger partial charge in [0.2, 0.25) is 0 Å². The van der Waals surface area contributed by atoms with Gasteiger partial charge in [-0.05, 0) is 24.6 Å². The van der Waals surface area contributed by atoms with E-state index in [1.807, 2.05) is 39.1 Å². The van der Waals surface area contributed by atoms with Crippen LogP contribution in [0.25, 0.3) is 0 Å². The SMILES string of the molecule is CCc1nc(NC)cc(Nc2cc(C#N)ccc2C)n1. The van der Waals surface area contributed by atoms with E-state index in [9.17, 15) is 0 Å². The monoisotopic (exact) mass is 267 g/mol. The highest BCUT2D eigenvalue weighted by Gasteiger charge is 2.05. The largest absolute Gasteiger partial charge is 0.373 e. The number of rotatable bonds is 4. The number of nitrogens with zero attached hydrogens (tertiary/aromatic N) is 3. The molecule has 1 aromatic carbocycles. The molecular weight excluding hydrogens is 250 g/mol. The smallest absolute Gasteiger partial charge is 0.136 e. The molecule has 0 fully saturated rings. The maximum atomic E-state index is 8.97. The summed E-state index contributed by atoms with van der Waals surface area (Å²) in [7, 11) is 1.83. The molecular formula is C15H17N5. The van der Waals surface area contributed by atoms with Crippen LogP contribution in [0.4, 0.5) is 17.3 Å². The summed E-state index contributed by atoms with van der Waals surface area (Å²) in [6.45, 7) is 4.00.